The SMILES string of the molecule is CCOC(=O)C1=C(CN2CC(F)(F)CC2CC(=O)NCC(=O)C(C)=O)NC(c2nccs2)=N[C@H]1c1ccc(F)cc1Br. The molecule has 2 aliphatic heterocycles. The van der Waals surface area contributed by atoms with Gasteiger partial charge < -0.3 is 15.4 Å². The van der Waals surface area contributed by atoms with Gasteiger partial charge in [-0.15, -0.1) is 11.3 Å². The van der Waals surface area contributed by atoms with Gasteiger partial charge in [0.25, 0.3) is 5.92 Å². The van der Waals surface area contributed by atoms with Crippen molar-refractivity contribution in [3.8, 4) is 0 Å². The Labute approximate surface area is 251 Å². The molecule has 0 bridgehead atoms. The van der Waals surface area contributed by atoms with Crippen LogP contribution in [-0.2, 0) is 23.9 Å². The molecule has 1 amide bonds. The molecular weight excluding hydrogens is 643 g/mol. The lowest BCUT2D eigenvalue weighted by molar-refractivity contribution is -0.139. The third kappa shape index (κ3) is 7.50. The van der Waals surface area contributed by atoms with E-state index in [1.165, 1.54) is 34.4 Å². The van der Waals surface area contributed by atoms with Gasteiger partial charge in [0.2, 0.25) is 11.7 Å². The van der Waals surface area contributed by atoms with Gasteiger partial charge in [-0.2, -0.15) is 0 Å². The fourth-order valence-corrected chi connectivity index (χ4v) is 5.87. The minimum Gasteiger partial charge on any atom is -0.463 e. The summed E-state index contributed by atoms with van der Waals surface area (Å²) in [5.41, 5.74) is 0.685. The number of esters is 1. The maximum Gasteiger partial charge on any atom is 0.338 e. The number of alkyl halides is 2. The van der Waals surface area contributed by atoms with E-state index in [4.69, 9.17) is 9.73 Å². The Bertz CT molecular complexity index is 1450. The van der Waals surface area contributed by atoms with Crippen LogP contribution >= 0.6 is 27.3 Å². The van der Waals surface area contributed by atoms with Crippen molar-refractivity contribution < 1.29 is 37.1 Å². The van der Waals surface area contributed by atoms with E-state index in [0.717, 1.165) is 6.92 Å². The molecule has 1 aromatic carbocycles. The number of nitrogens with one attached hydrogen (secondary N) is 2. The van der Waals surface area contributed by atoms with Crippen molar-refractivity contribution >= 4 is 56.5 Å². The zero-order valence-corrected chi connectivity index (χ0v) is 25.0. The summed E-state index contributed by atoms with van der Waals surface area (Å²) in [7, 11) is 0. The number of aromatic nitrogens is 1. The molecule has 4 rings (SSSR count). The van der Waals surface area contributed by atoms with Crippen LogP contribution in [0.4, 0.5) is 13.2 Å². The van der Waals surface area contributed by atoms with Crippen LogP contribution in [0.5, 0.6) is 0 Å². The van der Waals surface area contributed by atoms with Crippen LogP contribution in [0.25, 0.3) is 0 Å². The molecule has 10 nitrogen and oxygen atoms in total. The Morgan fingerprint density at radius 2 is 2.05 bits per heavy atom. The summed E-state index contributed by atoms with van der Waals surface area (Å²) < 4.78 is 49.0. The molecule has 0 spiro atoms. The zero-order valence-electron chi connectivity index (χ0n) is 22.6. The highest BCUT2D eigenvalue weighted by Gasteiger charge is 2.46. The standard InChI is InChI=1S/C27H27BrF3N5O5S/c1-3-41-26(40)22-19(12-36-13-27(30,31)10-16(36)9-21(39)33-11-20(38)14(2)37)34-24(25-32-6-7-42-25)35-23(22)17-5-4-15(29)8-18(17)28/h4-8,16,23H,3,9-13H2,1-2H3,(H,33,39)(H,34,35)/t16?,23-/m0/s1. The second-order valence-corrected chi connectivity index (χ2v) is 11.4. The second kappa shape index (κ2) is 13.3. The first-order valence-corrected chi connectivity index (χ1v) is 14.6. The number of carbonyl (C=O) groups excluding carboxylic acids is 4. The van der Waals surface area contributed by atoms with Crippen molar-refractivity contribution in [1.29, 1.82) is 0 Å². The molecule has 42 heavy (non-hydrogen) atoms. The molecule has 0 aliphatic carbocycles. The normalized spacial score (nSPS) is 20.1. The smallest absolute Gasteiger partial charge is 0.338 e. The van der Waals surface area contributed by atoms with Crippen LogP contribution in [0.3, 0.4) is 0 Å². The summed E-state index contributed by atoms with van der Waals surface area (Å²) in [6, 6.07) is 1.95. The van der Waals surface area contributed by atoms with Crippen molar-refractivity contribution in [3.63, 3.8) is 0 Å². The van der Waals surface area contributed by atoms with Gasteiger partial charge in [0.05, 0.1) is 25.3 Å². The second-order valence-electron chi connectivity index (χ2n) is 9.70. The number of halogens is 4. The average Bonchev–Trinajstić information content (AvgIpc) is 3.54. The number of nitrogens with zero attached hydrogens (tertiary/aromatic N) is 3. The highest BCUT2D eigenvalue weighted by atomic mass is 79.9. The van der Waals surface area contributed by atoms with Crippen molar-refractivity contribution in [1.82, 2.24) is 20.5 Å². The summed E-state index contributed by atoms with van der Waals surface area (Å²) in [4.78, 5) is 59.0. The average molecular weight is 671 g/mol. The number of carbonyl (C=O) groups is 4. The summed E-state index contributed by atoms with van der Waals surface area (Å²) in [5.74, 6) is -6.33. The van der Waals surface area contributed by atoms with E-state index in [1.807, 2.05) is 0 Å². The highest BCUT2D eigenvalue weighted by Crippen LogP contribution is 2.39. The van der Waals surface area contributed by atoms with E-state index >= 15 is 0 Å². The quantitative estimate of drug-likeness (QED) is 0.275. The first-order valence-electron chi connectivity index (χ1n) is 12.9. The van der Waals surface area contributed by atoms with Gasteiger partial charge in [0, 0.05) is 54.1 Å². The van der Waals surface area contributed by atoms with Gasteiger partial charge in [-0.05, 0) is 24.6 Å². The van der Waals surface area contributed by atoms with E-state index in [1.54, 1.807) is 18.5 Å². The lowest BCUT2D eigenvalue weighted by Crippen LogP contribution is -2.43. The number of hydrogen-bond acceptors (Lipinski definition) is 10. The first kappa shape index (κ1) is 31.5. The number of ether oxygens (including phenoxy) is 1. The Balaban J connectivity index is 1.71. The minimum absolute atomic E-state index is 0.0273. The largest absolute Gasteiger partial charge is 0.463 e. The molecule has 2 atom stereocenters. The molecule has 0 saturated carbocycles. The van der Waals surface area contributed by atoms with E-state index < -0.39 is 66.8 Å². The number of amides is 1. The predicted molar refractivity (Wildman–Crippen MR) is 151 cm³/mol. The number of aliphatic imine (C=N–C) groups is 1. The molecule has 1 unspecified atom stereocenters. The van der Waals surface area contributed by atoms with Crippen LogP contribution in [-0.4, -0.2) is 77.4 Å². The fraction of sp³-hybridized carbons (Fsp3) is 0.407. The molecule has 1 saturated heterocycles. The number of thiazole rings is 1. The van der Waals surface area contributed by atoms with Crippen molar-refractivity contribution in [3.05, 3.63) is 61.9 Å². The number of benzene rings is 1. The molecule has 2 aromatic rings. The van der Waals surface area contributed by atoms with E-state index in [0.29, 0.717) is 15.0 Å². The monoisotopic (exact) mass is 669 g/mol. The predicted octanol–water partition coefficient (Wildman–Crippen LogP) is 3.33. The van der Waals surface area contributed by atoms with Crippen molar-refractivity contribution in [2.45, 2.75) is 44.7 Å². The summed E-state index contributed by atoms with van der Waals surface area (Å²) >= 11 is 4.61. The first-order chi connectivity index (χ1) is 19.9. The maximum atomic E-state index is 14.7. The highest BCUT2D eigenvalue weighted by molar-refractivity contribution is 9.10. The lowest BCUT2D eigenvalue weighted by atomic mass is 9.95. The number of ketones is 2. The molecule has 1 aromatic heterocycles. The van der Waals surface area contributed by atoms with E-state index in [9.17, 15) is 32.3 Å². The third-order valence-corrected chi connectivity index (χ3v) is 8.09. The van der Waals surface area contributed by atoms with Crippen molar-refractivity contribution in [2.75, 3.05) is 26.2 Å². The summed E-state index contributed by atoms with van der Waals surface area (Å²) in [5, 5.41) is 7.57. The molecular formula is C27H27BrF3N5O5S. The van der Waals surface area contributed by atoms with Crippen LogP contribution < -0.4 is 10.6 Å². The van der Waals surface area contributed by atoms with Gasteiger partial charge >= 0.3 is 5.97 Å². The van der Waals surface area contributed by atoms with Crippen LogP contribution in [0.1, 0.15) is 43.3 Å². The van der Waals surface area contributed by atoms with Gasteiger partial charge in [0.1, 0.15) is 11.9 Å². The molecule has 0 radical (unpaired) electrons. The summed E-state index contributed by atoms with van der Waals surface area (Å²) in [6.45, 7) is 1.27. The van der Waals surface area contributed by atoms with E-state index in [2.05, 4.69) is 31.5 Å². The van der Waals surface area contributed by atoms with Crippen LogP contribution in [0.2, 0.25) is 0 Å². The van der Waals surface area contributed by atoms with Gasteiger partial charge in [-0.25, -0.2) is 22.9 Å². The zero-order chi connectivity index (χ0) is 30.6. The van der Waals surface area contributed by atoms with Gasteiger partial charge in [0.15, 0.2) is 16.6 Å². The Morgan fingerprint density at radius 3 is 2.69 bits per heavy atom. The number of hydrogen-bond donors (Lipinski definition) is 2. The van der Waals surface area contributed by atoms with Crippen LogP contribution in [0.15, 0.2) is 50.5 Å². The molecule has 15 heteroatoms. The molecule has 2 N–H and O–H groups in total. The molecule has 224 valence electrons. The van der Waals surface area contributed by atoms with Gasteiger partial charge in [-0.3, -0.25) is 24.3 Å². The minimum atomic E-state index is -3.13. The Hall–Kier alpha value is -3.43. The number of rotatable bonds is 11. The molecule has 1 fully saturated rings. The topological polar surface area (TPSA) is 130 Å². The number of amidine groups is 1. The number of Topliss-reactive ketones (excluding diaryl/α,β-unsaturated/α-hetero) is 2. The number of likely N-dealkylation sites (tertiary alicyclic amines) is 1. The van der Waals surface area contributed by atoms with E-state index in [-0.39, 0.29) is 36.7 Å². The molecule has 2 aliphatic rings. The van der Waals surface area contributed by atoms with Crippen molar-refractivity contribution in [2.24, 2.45) is 4.99 Å². The summed E-state index contributed by atoms with van der Waals surface area (Å²) in [6.07, 6.45) is 0.552. The van der Waals surface area contributed by atoms with Crippen LogP contribution in [0, 0.1) is 5.82 Å². The maximum absolute atomic E-state index is 14.7. The fourth-order valence-electron chi connectivity index (χ4n) is 4.71. The lowest BCUT2D eigenvalue weighted by Gasteiger charge is -2.31. The third-order valence-electron chi connectivity index (χ3n) is 6.62. The van der Waals surface area contributed by atoms with Gasteiger partial charge in [-0.1, -0.05) is 22.0 Å². The molecule has 3 heterocycles. The Kier molecular flexibility index (Phi) is 9.94. The Morgan fingerprint density at radius 1 is 1.29 bits per heavy atom.